The van der Waals surface area contributed by atoms with Gasteiger partial charge in [0.05, 0.1) is 14.2 Å². The van der Waals surface area contributed by atoms with E-state index in [0.717, 1.165) is 18.7 Å². The highest BCUT2D eigenvalue weighted by atomic mass is 127. The monoisotopic (exact) mass is 512 g/mol. The number of benzene rings is 2. The van der Waals surface area contributed by atoms with Gasteiger partial charge in [-0.2, -0.15) is 0 Å². The lowest BCUT2D eigenvalue weighted by Gasteiger charge is -2.12. The summed E-state index contributed by atoms with van der Waals surface area (Å²) in [7, 11) is 4.96. The number of aliphatic imine (C=N–C) groups is 1. The molecule has 0 aliphatic carbocycles. The fourth-order valence-electron chi connectivity index (χ4n) is 2.56. The Morgan fingerprint density at radius 1 is 0.897 bits per heavy atom. The molecule has 0 bridgehead atoms. The number of methoxy groups -OCH3 is 2. The number of halogens is 1. The molecule has 0 atom stereocenters. The zero-order chi connectivity index (χ0) is 20.2. The van der Waals surface area contributed by atoms with Crippen molar-refractivity contribution in [2.75, 3.05) is 40.9 Å². The van der Waals surface area contributed by atoms with Gasteiger partial charge in [-0.25, -0.2) is 0 Å². The van der Waals surface area contributed by atoms with E-state index in [0.29, 0.717) is 30.4 Å². The molecule has 2 aromatic carbocycles. The van der Waals surface area contributed by atoms with Gasteiger partial charge >= 0.3 is 0 Å². The van der Waals surface area contributed by atoms with Crippen LogP contribution < -0.4 is 25.4 Å². The van der Waals surface area contributed by atoms with Crippen LogP contribution in [0.5, 0.6) is 11.5 Å². The molecule has 0 heterocycles. The first kappa shape index (κ1) is 24.5. The molecule has 7 nitrogen and oxygen atoms in total. The fourth-order valence-corrected chi connectivity index (χ4v) is 2.56. The van der Waals surface area contributed by atoms with Crippen LogP contribution in [0.4, 0.5) is 0 Å². The normalized spacial score (nSPS) is 10.5. The van der Waals surface area contributed by atoms with E-state index in [2.05, 4.69) is 20.9 Å². The zero-order valence-corrected chi connectivity index (χ0v) is 19.4. The summed E-state index contributed by atoms with van der Waals surface area (Å²) in [6, 6.07) is 15.1. The Labute approximate surface area is 189 Å². The molecule has 0 unspecified atom stereocenters. The summed E-state index contributed by atoms with van der Waals surface area (Å²) in [6.07, 6.45) is 0.872. The van der Waals surface area contributed by atoms with E-state index < -0.39 is 0 Å². The molecule has 0 aromatic heterocycles. The second kappa shape index (κ2) is 13.6. The number of carbonyl (C=O) groups is 1. The third-order valence-electron chi connectivity index (χ3n) is 4.12. The van der Waals surface area contributed by atoms with Crippen LogP contribution in [0.2, 0.25) is 0 Å². The highest BCUT2D eigenvalue weighted by Gasteiger charge is 2.06. The number of guanidine groups is 1. The van der Waals surface area contributed by atoms with E-state index >= 15 is 0 Å². The molecular formula is C21H29IN4O3. The van der Waals surface area contributed by atoms with Gasteiger partial charge in [0, 0.05) is 32.2 Å². The molecule has 158 valence electrons. The van der Waals surface area contributed by atoms with Gasteiger partial charge in [0.25, 0.3) is 5.91 Å². The fraction of sp³-hybridized carbons (Fsp3) is 0.333. The van der Waals surface area contributed by atoms with Crippen LogP contribution in [-0.4, -0.2) is 52.8 Å². The lowest BCUT2D eigenvalue weighted by Crippen LogP contribution is -2.42. The molecule has 0 radical (unpaired) electrons. The quantitative estimate of drug-likeness (QED) is 0.208. The Bertz CT molecular complexity index is 782. The number of carbonyl (C=O) groups excluding carboxylic acids is 1. The molecule has 2 aromatic rings. The summed E-state index contributed by atoms with van der Waals surface area (Å²) < 4.78 is 10.3. The lowest BCUT2D eigenvalue weighted by molar-refractivity contribution is 0.0954. The minimum absolute atomic E-state index is 0. The van der Waals surface area contributed by atoms with Gasteiger partial charge < -0.3 is 25.4 Å². The molecule has 29 heavy (non-hydrogen) atoms. The van der Waals surface area contributed by atoms with E-state index in [-0.39, 0.29) is 29.9 Å². The lowest BCUT2D eigenvalue weighted by atomic mass is 10.1. The Balaban J connectivity index is 0.00000420. The van der Waals surface area contributed by atoms with Crippen molar-refractivity contribution >= 4 is 35.8 Å². The first-order valence-electron chi connectivity index (χ1n) is 9.16. The highest BCUT2D eigenvalue weighted by molar-refractivity contribution is 14.0. The van der Waals surface area contributed by atoms with E-state index in [1.54, 1.807) is 45.5 Å². The summed E-state index contributed by atoms with van der Waals surface area (Å²) in [6.45, 7) is 1.80. The van der Waals surface area contributed by atoms with Crippen molar-refractivity contribution in [3.05, 3.63) is 59.7 Å². The first-order chi connectivity index (χ1) is 13.7. The summed E-state index contributed by atoms with van der Waals surface area (Å²) in [4.78, 5) is 16.3. The summed E-state index contributed by atoms with van der Waals surface area (Å²) in [5, 5.41) is 9.31. The van der Waals surface area contributed by atoms with Crippen molar-refractivity contribution in [2.45, 2.75) is 6.42 Å². The highest BCUT2D eigenvalue weighted by Crippen LogP contribution is 2.12. The van der Waals surface area contributed by atoms with Crippen molar-refractivity contribution in [3.8, 4) is 11.5 Å². The summed E-state index contributed by atoms with van der Waals surface area (Å²) >= 11 is 0. The van der Waals surface area contributed by atoms with Crippen LogP contribution in [0.15, 0.2) is 53.5 Å². The number of rotatable bonds is 9. The van der Waals surface area contributed by atoms with E-state index in [1.165, 1.54) is 5.56 Å². The molecule has 1 amide bonds. The maximum absolute atomic E-state index is 12.2. The van der Waals surface area contributed by atoms with E-state index in [1.807, 2.05) is 24.3 Å². The van der Waals surface area contributed by atoms with Gasteiger partial charge in [0.1, 0.15) is 11.5 Å². The average Bonchev–Trinajstić information content (AvgIpc) is 2.75. The van der Waals surface area contributed by atoms with Gasteiger partial charge in [0.2, 0.25) is 0 Å². The predicted octanol–water partition coefficient (Wildman–Crippen LogP) is 2.46. The van der Waals surface area contributed by atoms with Gasteiger partial charge in [-0.1, -0.05) is 18.2 Å². The van der Waals surface area contributed by atoms with Crippen molar-refractivity contribution < 1.29 is 14.3 Å². The number of nitrogens with one attached hydrogen (secondary N) is 3. The molecule has 0 spiro atoms. The minimum Gasteiger partial charge on any atom is -0.497 e. The second-order valence-electron chi connectivity index (χ2n) is 6.01. The number of ether oxygens (including phenoxy) is 2. The molecule has 0 saturated carbocycles. The number of amides is 1. The summed E-state index contributed by atoms with van der Waals surface area (Å²) in [5.41, 5.74) is 1.79. The van der Waals surface area contributed by atoms with Crippen molar-refractivity contribution in [2.24, 2.45) is 4.99 Å². The molecule has 0 aliphatic rings. The molecule has 2 rings (SSSR count). The summed E-state index contributed by atoms with van der Waals surface area (Å²) in [5.74, 6) is 2.07. The molecular weight excluding hydrogens is 483 g/mol. The third-order valence-corrected chi connectivity index (χ3v) is 4.12. The third kappa shape index (κ3) is 8.59. The number of hydrogen-bond donors (Lipinski definition) is 3. The predicted molar refractivity (Wildman–Crippen MR) is 127 cm³/mol. The van der Waals surface area contributed by atoms with Gasteiger partial charge in [-0.15, -0.1) is 24.0 Å². The van der Waals surface area contributed by atoms with Crippen LogP contribution in [0.3, 0.4) is 0 Å². The number of hydrogen-bond acceptors (Lipinski definition) is 4. The zero-order valence-electron chi connectivity index (χ0n) is 17.0. The van der Waals surface area contributed by atoms with Crippen LogP contribution in [-0.2, 0) is 6.42 Å². The first-order valence-corrected chi connectivity index (χ1v) is 9.16. The maximum atomic E-state index is 12.2. The molecule has 0 saturated heterocycles. The Morgan fingerprint density at radius 3 is 2.21 bits per heavy atom. The van der Waals surface area contributed by atoms with Crippen molar-refractivity contribution in [1.29, 1.82) is 0 Å². The number of nitrogens with zero attached hydrogens (tertiary/aromatic N) is 1. The Morgan fingerprint density at radius 2 is 1.55 bits per heavy atom. The van der Waals surface area contributed by atoms with E-state index in [4.69, 9.17) is 9.47 Å². The van der Waals surface area contributed by atoms with Gasteiger partial charge in [-0.05, 0) is 42.3 Å². The largest absolute Gasteiger partial charge is 0.497 e. The van der Waals surface area contributed by atoms with Crippen molar-refractivity contribution in [1.82, 2.24) is 16.0 Å². The second-order valence-corrected chi connectivity index (χ2v) is 6.01. The van der Waals surface area contributed by atoms with Crippen LogP contribution in [0, 0.1) is 0 Å². The molecule has 0 fully saturated rings. The molecule has 0 aliphatic heterocycles. The Kier molecular flexibility index (Phi) is 11.6. The topological polar surface area (TPSA) is 84.0 Å². The Hall–Kier alpha value is -2.49. The smallest absolute Gasteiger partial charge is 0.251 e. The molecule has 8 heteroatoms. The van der Waals surface area contributed by atoms with Gasteiger partial charge in [0.15, 0.2) is 5.96 Å². The molecule has 3 N–H and O–H groups in total. The van der Waals surface area contributed by atoms with Crippen LogP contribution in [0.1, 0.15) is 15.9 Å². The average molecular weight is 512 g/mol. The maximum Gasteiger partial charge on any atom is 0.251 e. The SMILES string of the molecule is CN=C(NCCNC(=O)c1cccc(OC)c1)NCCc1ccc(OC)cc1.I. The van der Waals surface area contributed by atoms with Gasteiger partial charge in [-0.3, -0.25) is 9.79 Å². The van der Waals surface area contributed by atoms with Crippen LogP contribution in [0.25, 0.3) is 0 Å². The van der Waals surface area contributed by atoms with E-state index in [9.17, 15) is 4.79 Å². The standard InChI is InChI=1S/C21H28N4O3.HI/c1-22-21(24-12-11-16-7-9-18(27-2)10-8-16)25-14-13-23-20(26)17-5-4-6-19(15-17)28-3;/h4-10,15H,11-14H2,1-3H3,(H,23,26)(H2,22,24,25);1H. The van der Waals surface area contributed by atoms with Crippen LogP contribution >= 0.6 is 24.0 Å². The van der Waals surface area contributed by atoms with Crippen molar-refractivity contribution in [3.63, 3.8) is 0 Å². The minimum atomic E-state index is -0.136.